The number of fused-ring (bicyclic) bond motifs is 5. The molecule has 108 valence electrons. The molecule has 3 unspecified atom stereocenters. The number of nitrogens with zero attached hydrogens (tertiary/aromatic N) is 2. The van der Waals surface area contributed by atoms with Gasteiger partial charge in [-0.15, -0.1) is 0 Å². The number of hydrogen-bond donors (Lipinski definition) is 1. The van der Waals surface area contributed by atoms with Crippen molar-refractivity contribution in [3.63, 3.8) is 0 Å². The van der Waals surface area contributed by atoms with E-state index in [-0.39, 0.29) is 0 Å². The number of hydrogen-bond acceptors (Lipinski definition) is 3. The number of rotatable bonds is 0. The summed E-state index contributed by atoms with van der Waals surface area (Å²) >= 11 is 0. The fraction of sp³-hybridized carbons (Fsp3) is 0.500. The summed E-state index contributed by atoms with van der Waals surface area (Å²) in [7, 11) is 0. The monoisotopic (exact) mass is 279 g/mol. The summed E-state index contributed by atoms with van der Waals surface area (Å²) < 4.78 is 0. The van der Waals surface area contributed by atoms with Crippen LogP contribution in [-0.2, 0) is 0 Å². The van der Waals surface area contributed by atoms with Crippen LogP contribution in [-0.4, -0.2) is 23.7 Å². The van der Waals surface area contributed by atoms with E-state index in [2.05, 4.69) is 39.6 Å². The van der Waals surface area contributed by atoms with Gasteiger partial charge in [-0.3, -0.25) is 4.99 Å². The van der Waals surface area contributed by atoms with E-state index in [0.717, 1.165) is 6.54 Å². The Balaban J connectivity index is 1.70. The maximum Gasteiger partial charge on any atom is 0.0603 e. The highest BCUT2D eigenvalue weighted by Crippen LogP contribution is 2.51. The lowest BCUT2D eigenvalue weighted by atomic mass is 9.82. The van der Waals surface area contributed by atoms with Gasteiger partial charge < -0.3 is 10.2 Å². The molecule has 0 bridgehead atoms. The zero-order valence-corrected chi connectivity index (χ0v) is 12.3. The zero-order valence-electron chi connectivity index (χ0n) is 12.3. The van der Waals surface area contributed by atoms with Gasteiger partial charge >= 0.3 is 0 Å². The first kappa shape index (κ1) is 11.8. The summed E-state index contributed by atoms with van der Waals surface area (Å²) in [6.07, 6.45) is 17.4. The van der Waals surface area contributed by atoms with E-state index < -0.39 is 0 Å². The second kappa shape index (κ2) is 4.36. The molecule has 5 aliphatic rings. The summed E-state index contributed by atoms with van der Waals surface area (Å²) in [5.74, 6) is 1.30. The molecule has 21 heavy (non-hydrogen) atoms. The van der Waals surface area contributed by atoms with Gasteiger partial charge in [0.25, 0.3) is 0 Å². The van der Waals surface area contributed by atoms with E-state index in [1.165, 1.54) is 49.1 Å². The zero-order chi connectivity index (χ0) is 13.8. The Morgan fingerprint density at radius 3 is 3.24 bits per heavy atom. The summed E-state index contributed by atoms with van der Waals surface area (Å²) in [6.45, 7) is 0.978. The maximum absolute atomic E-state index is 4.55. The van der Waals surface area contributed by atoms with Crippen molar-refractivity contribution in [2.24, 2.45) is 16.8 Å². The second-order valence-electron chi connectivity index (χ2n) is 6.73. The van der Waals surface area contributed by atoms with Gasteiger partial charge in [-0.1, -0.05) is 12.2 Å². The molecule has 0 amide bonds. The van der Waals surface area contributed by atoms with E-state index in [0.29, 0.717) is 17.9 Å². The van der Waals surface area contributed by atoms with E-state index in [9.17, 15) is 0 Å². The Hall–Kier alpha value is -1.77. The fourth-order valence-electron chi connectivity index (χ4n) is 4.79. The molecule has 1 N–H and O–H groups in total. The highest BCUT2D eigenvalue weighted by Gasteiger charge is 2.47. The maximum atomic E-state index is 4.55. The minimum Gasteiger partial charge on any atom is -0.363 e. The van der Waals surface area contributed by atoms with Crippen molar-refractivity contribution in [2.45, 2.75) is 38.1 Å². The molecular formula is C18H21N3. The third-order valence-corrected chi connectivity index (χ3v) is 5.69. The quantitative estimate of drug-likeness (QED) is 0.738. The predicted octanol–water partition coefficient (Wildman–Crippen LogP) is 3.10. The predicted molar refractivity (Wildman–Crippen MR) is 84.5 cm³/mol. The number of nitrogens with one attached hydrogen (secondary N) is 1. The molecule has 3 nitrogen and oxygen atoms in total. The van der Waals surface area contributed by atoms with Gasteiger partial charge in [0.2, 0.25) is 0 Å². The molecule has 2 aliphatic carbocycles. The van der Waals surface area contributed by atoms with Crippen LogP contribution in [0, 0.1) is 11.8 Å². The first-order valence-electron chi connectivity index (χ1n) is 8.29. The van der Waals surface area contributed by atoms with Gasteiger partial charge in [-0.2, -0.15) is 0 Å². The van der Waals surface area contributed by atoms with Crippen molar-refractivity contribution in [3.05, 3.63) is 47.1 Å². The Morgan fingerprint density at radius 1 is 1.24 bits per heavy atom. The third kappa shape index (κ3) is 1.57. The Bertz CT molecular complexity index is 635. The molecule has 0 saturated carbocycles. The summed E-state index contributed by atoms with van der Waals surface area (Å²) in [6, 6.07) is 0.526. The van der Waals surface area contributed by atoms with Crippen LogP contribution in [0.15, 0.2) is 52.1 Å². The summed E-state index contributed by atoms with van der Waals surface area (Å²) in [5, 5.41) is 3.65. The largest absolute Gasteiger partial charge is 0.363 e. The van der Waals surface area contributed by atoms with E-state index in [1.807, 2.05) is 6.21 Å². The van der Waals surface area contributed by atoms with Gasteiger partial charge in [0.1, 0.15) is 0 Å². The van der Waals surface area contributed by atoms with Crippen molar-refractivity contribution in [1.29, 1.82) is 0 Å². The minimum atomic E-state index is 0.526. The van der Waals surface area contributed by atoms with E-state index in [4.69, 9.17) is 0 Å². The van der Waals surface area contributed by atoms with E-state index in [1.54, 1.807) is 5.70 Å². The number of dihydropyridines is 1. The molecular weight excluding hydrogens is 258 g/mol. The van der Waals surface area contributed by atoms with Crippen LogP contribution in [0.25, 0.3) is 0 Å². The van der Waals surface area contributed by atoms with Gasteiger partial charge in [0, 0.05) is 47.9 Å². The molecule has 0 aromatic carbocycles. The van der Waals surface area contributed by atoms with Crippen molar-refractivity contribution in [1.82, 2.24) is 10.2 Å². The normalized spacial score (nSPS) is 36.2. The molecule has 0 aromatic rings. The first-order valence-corrected chi connectivity index (χ1v) is 8.29. The highest BCUT2D eigenvalue weighted by atomic mass is 15.2. The van der Waals surface area contributed by atoms with Crippen LogP contribution in [0.3, 0.4) is 0 Å². The molecule has 3 atom stereocenters. The van der Waals surface area contributed by atoms with Crippen molar-refractivity contribution < 1.29 is 0 Å². The van der Waals surface area contributed by atoms with Crippen LogP contribution in [0.1, 0.15) is 32.1 Å². The van der Waals surface area contributed by atoms with Gasteiger partial charge in [0.15, 0.2) is 0 Å². The molecule has 1 saturated heterocycles. The molecule has 3 heteroatoms. The highest BCUT2D eigenvalue weighted by molar-refractivity contribution is 5.74. The second-order valence-corrected chi connectivity index (χ2v) is 6.73. The summed E-state index contributed by atoms with van der Waals surface area (Å²) in [4.78, 5) is 7.24. The molecule has 5 rings (SSSR count). The van der Waals surface area contributed by atoms with Crippen LogP contribution in [0.4, 0.5) is 0 Å². The molecule has 0 aromatic heterocycles. The van der Waals surface area contributed by atoms with E-state index >= 15 is 0 Å². The Kier molecular flexibility index (Phi) is 2.46. The SMILES string of the molecule is C1=CC2=CNC3=C4C(CCC3)C3CN=CC=C3N4C2CC1. The van der Waals surface area contributed by atoms with Crippen molar-refractivity contribution in [3.8, 4) is 0 Å². The average Bonchev–Trinajstić information content (AvgIpc) is 2.78. The topological polar surface area (TPSA) is 27.6 Å². The smallest absolute Gasteiger partial charge is 0.0603 e. The lowest BCUT2D eigenvalue weighted by Crippen LogP contribution is -2.34. The molecule has 0 radical (unpaired) electrons. The number of aliphatic imine (C=N–C) groups is 1. The summed E-state index contributed by atoms with van der Waals surface area (Å²) in [5.41, 5.74) is 6.03. The van der Waals surface area contributed by atoms with Gasteiger partial charge in [0.05, 0.1) is 6.04 Å². The fourth-order valence-corrected chi connectivity index (χ4v) is 4.79. The molecule has 3 heterocycles. The van der Waals surface area contributed by atoms with Gasteiger partial charge in [-0.25, -0.2) is 0 Å². The number of allylic oxidation sites excluding steroid dienone is 4. The molecule has 3 aliphatic heterocycles. The van der Waals surface area contributed by atoms with Crippen molar-refractivity contribution in [2.75, 3.05) is 6.54 Å². The Labute approximate surface area is 125 Å². The van der Waals surface area contributed by atoms with Crippen LogP contribution in [0.2, 0.25) is 0 Å². The average molecular weight is 279 g/mol. The van der Waals surface area contributed by atoms with Crippen molar-refractivity contribution >= 4 is 6.21 Å². The Morgan fingerprint density at radius 2 is 2.24 bits per heavy atom. The lowest BCUT2D eigenvalue weighted by Gasteiger charge is -2.35. The standard InChI is InChI=1S/C18H21N3/c1-2-7-16-12(4-1)10-20-15-6-3-5-13-14-11-19-9-8-17(14)21(16)18(13)15/h1,4,8-10,13-14,16,20H,2-3,5-7,11H2. The third-order valence-electron chi connectivity index (χ3n) is 5.69. The van der Waals surface area contributed by atoms with Gasteiger partial charge in [-0.05, 0) is 43.8 Å². The molecule has 0 spiro atoms. The first-order chi connectivity index (χ1) is 10.4. The van der Waals surface area contributed by atoms with Crippen LogP contribution >= 0.6 is 0 Å². The minimum absolute atomic E-state index is 0.526. The van der Waals surface area contributed by atoms with Crippen LogP contribution in [0.5, 0.6) is 0 Å². The van der Waals surface area contributed by atoms with Crippen LogP contribution < -0.4 is 5.32 Å². The lowest BCUT2D eigenvalue weighted by molar-refractivity contribution is 0.335. The molecule has 1 fully saturated rings.